The van der Waals surface area contributed by atoms with Crippen molar-refractivity contribution in [2.24, 2.45) is 0 Å². The molecule has 4 rings (SSSR count). The van der Waals surface area contributed by atoms with Gasteiger partial charge in [-0.1, -0.05) is 23.2 Å². The Labute approximate surface area is 172 Å². The highest BCUT2D eigenvalue weighted by molar-refractivity contribution is 6.33. The number of aliphatic hydroxyl groups is 1. The fourth-order valence-electron chi connectivity index (χ4n) is 4.25. The molecule has 0 aliphatic carbocycles. The molecule has 7 heteroatoms. The van der Waals surface area contributed by atoms with E-state index in [1.807, 2.05) is 31.0 Å². The van der Waals surface area contributed by atoms with E-state index in [0.717, 1.165) is 12.1 Å². The Morgan fingerprint density at radius 2 is 1.97 bits per heavy atom. The van der Waals surface area contributed by atoms with E-state index in [-0.39, 0.29) is 46.8 Å². The average Bonchev–Trinajstić information content (AvgIpc) is 3.03. The average molecular weight is 416 g/mol. The number of rotatable bonds is 3. The molecular formula is C22H22ClNO5. The van der Waals surface area contributed by atoms with Gasteiger partial charge in [-0.3, -0.25) is 4.79 Å². The van der Waals surface area contributed by atoms with Crippen molar-refractivity contribution in [3.8, 4) is 22.8 Å². The van der Waals surface area contributed by atoms with Crippen LogP contribution in [0.15, 0.2) is 39.5 Å². The summed E-state index contributed by atoms with van der Waals surface area (Å²) in [5, 5.41) is 31.3. The van der Waals surface area contributed by atoms with Gasteiger partial charge in [0.05, 0.1) is 11.6 Å². The van der Waals surface area contributed by atoms with Gasteiger partial charge in [0.2, 0.25) is 0 Å². The first-order valence-electron chi connectivity index (χ1n) is 9.42. The lowest BCUT2D eigenvalue weighted by molar-refractivity contribution is 0.172. The lowest BCUT2D eigenvalue weighted by atomic mass is 9.89. The summed E-state index contributed by atoms with van der Waals surface area (Å²) in [6, 6.07) is 7.63. The predicted molar refractivity (Wildman–Crippen MR) is 112 cm³/mol. The number of phenolic OH excluding ortho intramolecular Hbond substituents is 2. The van der Waals surface area contributed by atoms with E-state index >= 15 is 0 Å². The summed E-state index contributed by atoms with van der Waals surface area (Å²) >= 11 is 6.33. The van der Waals surface area contributed by atoms with Crippen molar-refractivity contribution in [1.29, 1.82) is 0 Å². The van der Waals surface area contributed by atoms with Crippen LogP contribution in [0.1, 0.15) is 23.5 Å². The normalized spacial score (nSPS) is 19.9. The third-order valence-corrected chi connectivity index (χ3v) is 6.10. The van der Waals surface area contributed by atoms with Crippen LogP contribution in [0.4, 0.5) is 0 Å². The minimum atomic E-state index is -0.426. The zero-order valence-electron chi connectivity index (χ0n) is 16.1. The lowest BCUT2D eigenvalue weighted by Gasteiger charge is -2.24. The molecule has 2 heterocycles. The predicted octanol–water partition coefficient (Wildman–Crippen LogP) is 3.61. The molecule has 2 aromatic carbocycles. The number of halogens is 1. The monoisotopic (exact) mass is 415 g/mol. The number of likely N-dealkylation sites (tertiary alicyclic amines) is 1. The Kier molecular flexibility index (Phi) is 5.02. The standard InChI is InChI=1S/C22H22ClNO5/c1-11-3-4-14(23)13(7-11)19-9-18(28)21-17(27)8-16(26)20(22(21)29-19)12-5-6-24(2)15(12)10-25/h3-4,7-9,12,15,25-27H,5-6,10H2,1-2H3. The van der Waals surface area contributed by atoms with Crippen LogP contribution in [0.2, 0.25) is 5.02 Å². The summed E-state index contributed by atoms with van der Waals surface area (Å²) in [6.45, 7) is 2.53. The van der Waals surface area contributed by atoms with E-state index < -0.39 is 5.43 Å². The number of phenols is 2. The van der Waals surface area contributed by atoms with E-state index in [2.05, 4.69) is 0 Å². The first kappa shape index (κ1) is 19.8. The van der Waals surface area contributed by atoms with Gasteiger partial charge in [0.1, 0.15) is 28.2 Å². The Balaban J connectivity index is 2.03. The number of hydrogen-bond donors (Lipinski definition) is 3. The smallest absolute Gasteiger partial charge is 0.197 e. The van der Waals surface area contributed by atoms with Gasteiger partial charge in [0.15, 0.2) is 5.43 Å². The summed E-state index contributed by atoms with van der Waals surface area (Å²) in [5.74, 6) is -0.498. The summed E-state index contributed by atoms with van der Waals surface area (Å²) < 4.78 is 6.09. The van der Waals surface area contributed by atoms with Crippen molar-refractivity contribution in [3.05, 3.63) is 56.7 Å². The van der Waals surface area contributed by atoms with Gasteiger partial charge in [0.25, 0.3) is 0 Å². The van der Waals surface area contributed by atoms with Gasteiger partial charge in [-0.25, -0.2) is 0 Å². The first-order chi connectivity index (χ1) is 13.8. The summed E-state index contributed by atoms with van der Waals surface area (Å²) in [4.78, 5) is 14.9. The lowest BCUT2D eigenvalue weighted by Crippen LogP contribution is -2.32. The molecular weight excluding hydrogens is 394 g/mol. The SMILES string of the molecule is Cc1ccc(Cl)c(-c2cc(=O)c3c(O)cc(O)c(C4CCN(C)C4CO)c3o2)c1. The van der Waals surface area contributed by atoms with Crippen molar-refractivity contribution in [2.75, 3.05) is 20.2 Å². The van der Waals surface area contributed by atoms with Crippen LogP contribution in [0, 0.1) is 6.92 Å². The molecule has 0 amide bonds. The Morgan fingerprint density at radius 3 is 2.69 bits per heavy atom. The molecule has 1 saturated heterocycles. The molecule has 1 aromatic heterocycles. The highest BCUT2D eigenvalue weighted by Crippen LogP contribution is 2.44. The number of likely N-dealkylation sites (N-methyl/N-ethyl adjacent to an activating group) is 1. The highest BCUT2D eigenvalue weighted by atomic mass is 35.5. The van der Waals surface area contributed by atoms with Crippen LogP contribution >= 0.6 is 11.6 Å². The Morgan fingerprint density at radius 1 is 1.21 bits per heavy atom. The van der Waals surface area contributed by atoms with E-state index in [4.69, 9.17) is 16.0 Å². The van der Waals surface area contributed by atoms with E-state index in [0.29, 0.717) is 22.6 Å². The molecule has 6 nitrogen and oxygen atoms in total. The Bertz CT molecular complexity index is 1160. The van der Waals surface area contributed by atoms with Crippen LogP contribution in [0.25, 0.3) is 22.3 Å². The fraction of sp³-hybridized carbons (Fsp3) is 0.318. The number of fused-ring (bicyclic) bond motifs is 1. The van der Waals surface area contributed by atoms with Gasteiger partial charge >= 0.3 is 0 Å². The number of benzene rings is 2. The number of nitrogens with zero attached hydrogens (tertiary/aromatic N) is 1. The fourth-order valence-corrected chi connectivity index (χ4v) is 4.46. The molecule has 1 fully saturated rings. The second-order valence-corrected chi connectivity index (χ2v) is 8.02. The van der Waals surface area contributed by atoms with Crippen molar-refractivity contribution in [1.82, 2.24) is 4.90 Å². The van der Waals surface area contributed by atoms with Crippen molar-refractivity contribution >= 4 is 22.6 Å². The van der Waals surface area contributed by atoms with Gasteiger partial charge < -0.3 is 24.6 Å². The third-order valence-electron chi connectivity index (χ3n) is 5.77. The molecule has 2 atom stereocenters. The molecule has 3 aromatic rings. The van der Waals surface area contributed by atoms with Crippen LogP contribution in [-0.4, -0.2) is 46.5 Å². The summed E-state index contributed by atoms with van der Waals surface area (Å²) in [5.41, 5.74) is 1.63. The summed E-state index contributed by atoms with van der Waals surface area (Å²) in [6.07, 6.45) is 0.675. The number of hydrogen-bond acceptors (Lipinski definition) is 6. The summed E-state index contributed by atoms with van der Waals surface area (Å²) in [7, 11) is 1.90. The molecule has 29 heavy (non-hydrogen) atoms. The zero-order chi connectivity index (χ0) is 20.9. The quantitative estimate of drug-likeness (QED) is 0.605. The van der Waals surface area contributed by atoms with Gasteiger partial charge in [-0.05, 0) is 39.1 Å². The highest BCUT2D eigenvalue weighted by Gasteiger charge is 2.36. The minimum absolute atomic E-state index is 0.0107. The molecule has 0 bridgehead atoms. The Hall–Kier alpha value is -2.54. The molecule has 3 N–H and O–H groups in total. The maximum Gasteiger partial charge on any atom is 0.197 e. The van der Waals surface area contributed by atoms with Gasteiger partial charge in [-0.15, -0.1) is 0 Å². The van der Waals surface area contributed by atoms with E-state index in [9.17, 15) is 20.1 Å². The molecule has 2 unspecified atom stereocenters. The number of aromatic hydroxyl groups is 2. The number of aliphatic hydroxyl groups excluding tert-OH is 1. The van der Waals surface area contributed by atoms with E-state index in [1.54, 1.807) is 6.07 Å². The first-order valence-corrected chi connectivity index (χ1v) is 9.80. The zero-order valence-corrected chi connectivity index (χ0v) is 16.9. The van der Waals surface area contributed by atoms with Crippen LogP contribution < -0.4 is 5.43 Å². The van der Waals surface area contributed by atoms with Crippen LogP contribution in [0.5, 0.6) is 11.5 Å². The van der Waals surface area contributed by atoms with Crippen molar-refractivity contribution in [3.63, 3.8) is 0 Å². The molecule has 0 spiro atoms. The molecule has 0 saturated carbocycles. The maximum atomic E-state index is 12.9. The molecule has 0 radical (unpaired) electrons. The number of aryl methyl sites for hydroxylation is 1. The third kappa shape index (κ3) is 3.27. The van der Waals surface area contributed by atoms with E-state index in [1.165, 1.54) is 12.1 Å². The van der Waals surface area contributed by atoms with Crippen LogP contribution in [-0.2, 0) is 0 Å². The molecule has 1 aliphatic rings. The van der Waals surface area contributed by atoms with Crippen LogP contribution in [0.3, 0.4) is 0 Å². The topological polar surface area (TPSA) is 94.1 Å². The van der Waals surface area contributed by atoms with Gasteiger partial charge in [0, 0.05) is 35.2 Å². The maximum absolute atomic E-state index is 12.9. The second kappa shape index (κ2) is 7.37. The molecule has 152 valence electrons. The minimum Gasteiger partial charge on any atom is -0.507 e. The largest absolute Gasteiger partial charge is 0.507 e. The van der Waals surface area contributed by atoms with Crippen molar-refractivity contribution < 1.29 is 19.7 Å². The van der Waals surface area contributed by atoms with Gasteiger partial charge in [-0.2, -0.15) is 0 Å². The second-order valence-electron chi connectivity index (χ2n) is 7.62. The molecule has 1 aliphatic heterocycles. The van der Waals surface area contributed by atoms with Crippen molar-refractivity contribution in [2.45, 2.75) is 25.3 Å².